The van der Waals surface area contributed by atoms with Gasteiger partial charge in [-0.25, -0.2) is 4.98 Å². The van der Waals surface area contributed by atoms with Crippen molar-refractivity contribution < 1.29 is 4.74 Å². The molecule has 5 rings (SSSR count). The highest BCUT2D eigenvalue weighted by Gasteiger charge is 2.18. The van der Waals surface area contributed by atoms with Gasteiger partial charge in [-0.3, -0.25) is 4.57 Å². The Kier molecular flexibility index (Phi) is 3.60. The molecule has 0 spiro atoms. The molecule has 0 unspecified atom stereocenters. The topological polar surface area (TPSA) is 84.8 Å². The molecule has 0 aliphatic carbocycles. The lowest BCUT2D eigenvalue weighted by Crippen LogP contribution is -2.37. The van der Waals surface area contributed by atoms with Crippen molar-refractivity contribution in [1.82, 2.24) is 29.5 Å². The van der Waals surface area contributed by atoms with E-state index in [0.717, 1.165) is 29.6 Å². The lowest BCUT2D eigenvalue weighted by Gasteiger charge is -2.27. The summed E-state index contributed by atoms with van der Waals surface area (Å²) in [5.41, 5.74) is 2.00. The predicted molar refractivity (Wildman–Crippen MR) is 97.3 cm³/mol. The standard InChI is InChI=1S/C18H17N7O/c1-2-14(11-15-13(1)3-4-20-15)16-21-17(24-7-9-26-10-8-24)23-18(22-16)25-6-5-19-12-25/h1-6,11-12,20H,7-10H2. The van der Waals surface area contributed by atoms with Gasteiger partial charge in [0.2, 0.25) is 11.9 Å². The van der Waals surface area contributed by atoms with Gasteiger partial charge in [0.25, 0.3) is 0 Å². The molecule has 1 N–H and O–H groups in total. The van der Waals surface area contributed by atoms with Crippen LogP contribution in [0.3, 0.4) is 0 Å². The zero-order valence-electron chi connectivity index (χ0n) is 14.0. The fourth-order valence-corrected chi connectivity index (χ4v) is 3.07. The van der Waals surface area contributed by atoms with Crippen LogP contribution in [0.2, 0.25) is 0 Å². The summed E-state index contributed by atoms with van der Waals surface area (Å²) in [5, 5.41) is 1.16. The van der Waals surface area contributed by atoms with Gasteiger partial charge in [-0.1, -0.05) is 12.1 Å². The maximum atomic E-state index is 5.45. The van der Waals surface area contributed by atoms with Gasteiger partial charge in [0.1, 0.15) is 6.33 Å². The van der Waals surface area contributed by atoms with Crippen LogP contribution in [0.25, 0.3) is 28.2 Å². The minimum Gasteiger partial charge on any atom is -0.378 e. The first kappa shape index (κ1) is 15.0. The highest BCUT2D eigenvalue weighted by Crippen LogP contribution is 2.23. The van der Waals surface area contributed by atoms with E-state index in [-0.39, 0.29) is 0 Å². The molecule has 0 amide bonds. The van der Waals surface area contributed by atoms with E-state index in [0.29, 0.717) is 30.9 Å². The highest BCUT2D eigenvalue weighted by atomic mass is 16.5. The van der Waals surface area contributed by atoms with Crippen molar-refractivity contribution >= 4 is 16.9 Å². The molecule has 0 radical (unpaired) electrons. The molecular weight excluding hydrogens is 330 g/mol. The number of imidazole rings is 1. The zero-order valence-corrected chi connectivity index (χ0v) is 14.0. The van der Waals surface area contributed by atoms with Crippen LogP contribution in [-0.2, 0) is 4.74 Å². The summed E-state index contributed by atoms with van der Waals surface area (Å²) in [7, 11) is 0. The summed E-state index contributed by atoms with van der Waals surface area (Å²) >= 11 is 0. The number of morpholine rings is 1. The van der Waals surface area contributed by atoms with Crippen LogP contribution >= 0.6 is 0 Å². The van der Waals surface area contributed by atoms with E-state index in [4.69, 9.17) is 9.72 Å². The monoisotopic (exact) mass is 347 g/mol. The average Bonchev–Trinajstić information content (AvgIpc) is 3.39. The van der Waals surface area contributed by atoms with Gasteiger partial charge in [0, 0.05) is 42.8 Å². The van der Waals surface area contributed by atoms with Gasteiger partial charge in [-0.2, -0.15) is 15.0 Å². The van der Waals surface area contributed by atoms with Crippen LogP contribution in [0.5, 0.6) is 0 Å². The summed E-state index contributed by atoms with van der Waals surface area (Å²) in [6, 6.07) is 8.20. The SMILES string of the molecule is c1cn(-c2nc(-c3ccc4cc[nH]c4c3)nc(N3CCOCC3)n2)cn1. The second-order valence-electron chi connectivity index (χ2n) is 6.11. The van der Waals surface area contributed by atoms with E-state index in [2.05, 4.69) is 37.0 Å². The number of aromatic nitrogens is 6. The number of nitrogens with zero attached hydrogens (tertiary/aromatic N) is 6. The number of H-pyrrole nitrogens is 1. The van der Waals surface area contributed by atoms with Gasteiger partial charge < -0.3 is 14.6 Å². The number of anilines is 1. The van der Waals surface area contributed by atoms with Crippen molar-refractivity contribution in [3.63, 3.8) is 0 Å². The maximum absolute atomic E-state index is 5.45. The Balaban J connectivity index is 1.64. The molecule has 4 aromatic rings. The second kappa shape index (κ2) is 6.23. The molecule has 1 aliphatic heterocycles. The molecule has 26 heavy (non-hydrogen) atoms. The Labute approximate surface area is 149 Å². The van der Waals surface area contributed by atoms with Gasteiger partial charge >= 0.3 is 0 Å². The van der Waals surface area contributed by atoms with Crippen molar-refractivity contribution in [3.05, 3.63) is 49.2 Å². The van der Waals surface area contributed by atoms with E-state index in [9.17, 15) is 0 Å². The number of ether oxygens (including phenoxy) is 1. The molecule has 3 aromatic heterocycles. The normalized spacial score (nSPS) is 14.8. The maximum Gasteiger partial charge on any atom is 0.240 e. The van der Waals surface area contributed by atoms with Crippen LogP contribution < -0.4 is 4.90 Å². The van der Waals surface area contributed by atoms with Crippen LogP contribution in [0, 0.1) is 0 Å². The fourth-order valence-electron chi connectivity index (χ4n) is 3.07. The lowest BCUT2D eigenvalue weighted by atomic mass is 10.1. The van der Waals surface area contributed by atoms with Crippen LogP contribution in [-0.4, -0.2) is 55.8 Å². The first-order valence-corrected chi connectivity index (χ1v) is 8.51. The summed E-state index contributed by atoms with van der Waals surface area (Å²) in [4.78, 5) is 23.5. The third-order valence-electron chi connectivity index (χ3n) is 4.45. The van der Waals surface area contributed by atoms with Crippen molar-refractivity contribution in [2.75, 3.05) is 31.2 Å². The molecule has 8 heteroatoms. The van der Waals surface area contributed by atoms with E-state index >= 15 is 0 Å². The van der Waals surface area contributed by atoms with Crippen LogP contribution in [0.15, 0.2) is 49.2 Å². The van der Waals surface area contributed by atoms with Gasteiger partial charge in [-0.15, -0.1) is 0 Å². The number of nitrogens with one attached hydrogen (secondary N) is 1. The largest absolute Gasteiger partial charge is 0.378 e. The molecule has 1 saturated heterocycles. The Bertz CT molecular complexity index is 1030. The molecule has 0 atom stereocenters. The lowest BCUT2D eigenvalue weighted by molar-refractivity contribution is 0.122. The molecule has 0 saturated carbocycles. The zero-order chi connectivity index (χ0) is 17.3. The number of fused-ring (bicyclic) bond motifs is 1. The molecule has 1 aliphatic rings. The Morgan fingerprint density at radius 1 is 1.00 bits per heavy atom. The van der Waals surface area contributed by atoms with Crippen molar-refractivity contribution in [2.24, 2.45) is 0 Å². The third-order valence-corrected chi connectivity index (χ3v) is 4.45. The molecule has 1 fully saturated rings. The van der Waals surface area contributed by atoms with E-state index in [1.54, 1.807) is 17.1 Å². The Hall–Kier alpha value is -3.26. The van der Waals surface area contributed by atoms with Crippen molar-refractivity contribution in [2.45, 2.75) is 0 Å². The predicted octanol–water partition coefficient (Wildman–Crippen LogP) is 2.04. The van der Waals surface area contributed by atoms with E-state index in [1.165, 1.54) is 0 Å². The molecule has 8 nitrogen and oxygen atoms in total. The summed E-state index contributed by atoms with van der Waals surface area (Å²) in [6.07, 6.45) is 7.16. The van der Waals surface area contributed by atoms with Gasteiger partial charge in [-0.05, 0) is 17.5 Å². The van der Waals surface area contributed by atoms with Gasteiger partial charge in [0.15, 0.2) is 5.82 Å². The molecular formula is C18H17N7O. The fraction of sp³-hybridized carbons (Fsp3) is 0.222. The van der Waals surface area contributed by atoms with Gasteiger partial charge in [0.05, 0.1) is 13.2 Å². The third kappa shape index (κ3) is 2.70. The Morgan fingerprint density at radius 3 is 2.73 bits per heavy atom. The second-order valence-corrected chi connectivity index (χ2v) is 6.11. The number of hydrogen-bond acceptors (Lipinski definition) is 6. The molecule has 4 heterocycles. The summed E-state index contributed by atoms with van der Waals surface area (Å²) in [5.74, 6) is 1.86. The molecule has 130 valence electrons. The number of hydrogen-bond donors (Lipinski definition) is 1. The first-order chi connectivity index (χ1) is 12.9. The smallest absolute Gasteiger partial charge is 0.240 e. The highest BCUT2D eigenvalue weighted by molar-refractivity contribution is 5.83. The van der Waals surface area contributed by atoms with Crippen molar-refractivity contribution in [3.8, 4) is 17.3 Å². The summed E-state index contributed by atoms with van der Waals surface area (Å²) in [6.45, 7) is 2.89. The average molecular weight is 347 g/mol. The van der Waals surface area contributed by atoms with Crippen molar-refractivity contribution in [1.29, 1.82) is 0 Å². The van der Waals surface area contributed by atoms with Crippen LogP contribution in [0.1, 0.15) is 0 Å². The molecule has 0 bridgehead atoms. The van der Waals surface area contributed by atoms with Crippen LogP contribution in [0.4, 0.5) is 5.95 Å². The summed E-state index contributed by atoms with van der Waals surface area (Å²) < 4.78 is 7.24. The van der Waals surface area contributed by atoms with E-state index in [1.807, 2.05) is 24.5 Å². The number of aromatic amines is 1. The Morgan fingerprint density at radius 2 is 1.88 bits per heavy atom. The number of rotatable bonds is 3. The minimum absolute atomic E-state index is 0.556. The minimum atomic E-state index is 0.556. The quantitative estimate of drug-likeness (QED) is 0.610. The molecule has 1 aromatic carbocycles. The van der Waals surface area contributed by atoms with E-state index < -0.39 is 0 Å². The number of benzene rings is 1. The first-order valence-electron chi connectivity index (χ1n) is 8.51.